The summed E-state index contributed by atoms with van der Waals surface area (Å²) in [6, 6.07) is 7.09. The average molecular weight is 383 g/mol. The van der Waals surface area contributed by atoms with Crippen molar-refractivity contribution in [1.29, 1.82) is 0 Å². The number of rotatable bonds is 9. The van der Waals surface area contributed by atoms with Crippen LogP contribution in [0.15, 0.2) is 30.3 Å². The molecule has 0 unspecified atom stereocenters. The van der Waals surface area contributed by atoms with Crippen LogP contribution >= 0.6 is 7.60 Å². The Morgan fingerprint density at radius 3 is 2.04 bits per heavy atom. The minimum absolute atomic E-state index is 0.0239. The second-order valence-corrected chi connectivity index (χ2v) is 7.19. The lowest BCUT2D eigenvalue weighted by Gasteiger charge is -2.18. The smallest absolute Gasteiger partial charge is 0.349 e. The summed E-state index contributed by atoms with van der Waals surface area (Å²) < 4.78 is 22.9. The number of benzene rings is 2. The molecule has 2 rings (SSSR count). The third-order valence-electron chi connectivity index (χ3n) is 3.50. The van der Waals surface area contributed by atoms with Gasteiger partial charge < -0.3 is 14.4 Å². The fourth-order valence-electron chi connectivity index (χ4n) is 2.52. The largest absolute Gasteiger partial charge is 0.368 e. The molecular formula is C15H18N3O7P. The van der Waals surface area contributed by atoms with Gasteiger partial charge in [-0.1, -0.05) is 18.2 Å². The molecule has 0 atom stereocenters. The van der Waals surface area contributed by atoms with Gasteiger partial charge in [0.1, 0.15) is 12.0 Å². The molecule has 2 aromatic rings. The molecule has 0 amide bonds. The lowest BCUT2D eigenvalue weighted by molar-refractivity contribution is -0.392. The highest BCUT2D eigenvalue weighted by Crippen LogP contribution is 2.49. The first-order valence-electron chi connectivity index (χ1n) is 7.79. The SMILES string of the molecule is CCOP(=O)(CNc1c([N+](=O)[O-])cc([N+](=O)[O-])c2ccccc12)OCC. The number of nitro benzene ring substituents is 2. The number of hydrogen-bond acceptors (Lipinski definition) is 8. The normalized spacial score (nSPS) is 11.5. The van der Waals surface area contributed by atoms with Gasteiger partial charge in [-0.05, 0) is 19.9 Å². The maximum absolute atomic E-state index is 12.6. The Hall–Kier alpha value is -2.55. The maximum Gasteiger partial charge on any atom is 0.349 e. The molecule has 0 heterocycles. The molecule has 140 valence electrons. The van der Waals surface area contributed by atoms with Gasteiger partial charge in [-0.25, -0.2) is 0 Å². The Morgan fingerprint density at radius 1 is 1.00 bits per heavy atom. The van der Waals surface area contributed by atoms with Crippen molar-refractivity contribution in [1.82, 2.24) is 0 Å². The predicted molar refractivity (Wildman–Crippen MR) is 96.6 cm³/mol. The summed E-state index contributed by atoms with van der Waals surface area (Å²) in [5, 5.41) is 25.9. The minimum atomic E-state index is -3.51. The van der Waals surface area contributed by atoms with E-state index in [4.69, 9.17) is 9.05 Å². The summed E-state index contributed by atoms with van der Waals surface area (Å²) in [5.41, 5.74) is -0.846. The number of non-ortho nitro benzene ring substituents is 1. The van der Waals surface area contributed by atoms with Crippen LogP contribution < -0.4 is 5.32 Å². The molecule has 0 radical (unpaired) electrons. The molecule has 0 aliphatic heterocycles. The van der Waals surface area contributed by atoms with Gasteiger partial charge in [0.2, 0.25) is 0 Å². The number of fused-ring (bicyclic) bond motifs is 1. The Bertz CT molecular complexity index is 877. The van der Waals surface area contributed by atoms with Gasteiger partial charge in [-0.15, -0.1) is 0 Å². The van der Waals surface area contributed by atoms with Gasteiger partial charge in [0, 0.05) is 5.39 Å². The summed E-state index contributed by atoms with van der Waals surface area (Å²) in [4.78, 5) is 21.3. The fraction of sp³-hybridized carbons (Fsp3) is 0.333. The van der Waals surface area contributed by atoms with Gasteiger partial charge in [0.25, 0.3) is 11.4 Å². The highest BCUT2D eigenvalue weighted by Gasteiger charge is 2.29. The molecule has 0 bridgehead atoms. The molecule has 0 aromatic heterocycles. The summed E-state index contributed by atoms with van der Waals surface area (Å²) in [7, 11) is -3.51. The number of nitro groups is 2. The van der Waals surface area contributed by atoms with Gasteiger partial charge in [-0.2, -0.15) is 0 Å². The van der Waals surface area contributed by atoms with Gasteiger partial charge in [0.05, 0.1) is 34.5 Å². The molecule has 0 spiro atoms. The monoisotopic (exact) mass is 383 g/mol. The molecule has 2 aromatic carbocycles. The van der Waals surface area contributed by atoms with E-state index in [1.807, 2.05) is 0 Å². The first-order valence-corrected chi connectivity index (χ1v) is 9.52. The van der Waals surface area contributed by atoms with Crippen LogP contribution in [0.5, 0.6) is 0 Å². The third-order valence-corrected chi connectivity index (χ3v) is 5.34. The summed E-state index contributed by atoms with van der Waals surface area (Å²) >= 11 is 0. The van der Waals surface area contributed by atoms with Crippen LogP contribution in [0.1, 0.15) is 13.8 Å². The number of nitrogens with one attached hydrogen (secondary N) is 1. The van der Waals surface area contributed by atoms with E-state index in [1.54, 1.807) is 26.0 Å². The van der Waals surface area contributed by atoms with Crippen LogP contribution in [0.2, 0.25) is 0 Å². The zero-order valence-electron chi connectivity index (χ0n) is 14.2. The highest BCUT2D eigenvalue weighted by molar-refractivity contribution is 7.53. The van der Waals surface area contributed by atoms with Crippen molar-refractivity contribution in [3.8, 4) is 0 Å². The zero-order chi connectivity index (χ0) is 19.3. The van der Waals surface area contributed by atoms with Crippen LogP contribution in [0, 0.1) is 20.2 Å². The molecule has 0 saturated carbocycles. The van der Waals surface area contributed by atoms with Crippen molar-refractivity contribution < 1.29 is 23.5 Å². The van der Waals surface area contributed by atoms with Gasteiger partial charge in [0.15, 0.2) is 0 Å². The Balaban J connectivity index is 2.57. The van der Waals surface area contributed by atoms with Crippen molar-refractivity contribution in [3.63, 3.8) is 0 Å². The summed E-state index contributed by atoms with van der Waals surface area (Å²) in [5.74, 6) is 0. The molecular weight excluding hydrogens is 365 g/mol. The van der Waals surface area contributed by atoms with E-state index in [0.29, 0.717) is 0 Å². The summed E-state index contributed by atoms with van der Waals surface area (Å²) in [6.07, 6.45) is -0.308. The number of anilines is 1. The predicted octanol–water partition coefficient (Wildman–Crippen LogP) is 4.29. The lowest BCUT2D eigenvalue weighted by atomic mass is 10.1. The Morgan fingerprint density at radius 2 is 1.54 bits per heavy atom. The van der Waals surface area contributed by atoms with Crippen LogP contribution in [0.4, 0.5) is 17.1 Å². The quantitative estimate of drug-likeness (QED) is 0.385. The van der Waals surface area contributed by atoms with E-state index in [9.17, 15) is 24.8 Å². The Labute approximate surface area is 148 Å². The molecule has 0 fully saturated rings. The van der Waals surface area contributed by atoms with Crippen LogP contribution in [0.25, 0.3) is 10.8 Å². The van der Waals surface area contributed by atoms with Crippen LogP contribution in [-0.4, -0.2) is 29.3 Å². The van der Waals surface area contributed by atoms with Crippen molar-refractivity contribution in [2.24, 2.45) is 0 Å². The van der Waals surface area contributed by atoms with E-state index in [2.05, 4.69) is 5.32 Å². The zero-order valence-corrected chi connectivity index (χ0v) is 15.1. The fourth-order valence-corrected chi connectivity index (χ4v) is 3.92. The van der Waals surface area contributed by atoms with E-state index in [-0.39, 0.29) is 41.6 Å². The topological polar surface area (TPSA) is 134 Å². The molecule has 26 heavy (non-hydrogen) atoms. The Kier molecular flexibility index (Phi) is 6.25. The highest BCUT2D eigenvalue weighted by atomic mass is 31.2. The number of hydrogen-bond donors (Lipinski definition) is 1. The van der Waals surface area contributed by atoms with Crippen LogP contribution in [-0.2, 0) is 13.6 Å². The van der Waals surface area contributed by atoms with Gasteiger partial charge in [-0.3, -0.25) is 24.8 Å². The van der Waals surface area contributed by atoms with E-state index in [0.717, 1.165) is 6.07 Å². The first-order chi connectivity index (χ1) is 12.3. The second kappa shape index (κ2) is 8.22. The average Bonchev–Trinajstić information content (AvgIpc) is 2.59. The number of nitrogens with zero attached hydrogens (tertiary/aromatic N) is 2. The van der Waals surface area contributed by atoms with Gasteiger partial charge >= 0.3 is 7.60 Å². The standard InChI is InChI=1S/C15H18N3O7P/c1-3-24-26(23,25-4-2)10-16-15-12-8-6-5-7-11(12)13(17(19)20)9-14(15)18(21)22/h5-9,16H,3-4,10H2,1-2H3. The van der Waals surface area contributed by atoms with E-state index >= 15 is 0 Å². The molecule has 0 aliphatic carbocycles. The summed E-state index contributed by atoms with van der Waals surface area (Å²) in [6.45, 7) is 3.58. The maximum atomic E-state index is 12.6. The van der Waals surface area contributed by atoms with E-state index in [1.165, 1.54) is 12.1 Å². The lowest BCUT2D eigenvalue weighted by Crippen LogP contribution is -2.10. The molecule has 0 aliphatic rings. The minimum Gasteiger partial charge on any atom is -0.368 e. The molecule has 1 N–H and O–H groups in total. The van der Waals surface area contributed by atoms with Crippen LogP contribution in [0.3, 0.4) is 0 Å². The van der Waals surface area contributed by atoms with Crippen molar-refractivity contribution in [2.75, 3.05) is 24.8 Å². The van der Waals surface area contributed by atoms with E-state index < -0.39 is 23.1 Å². The third kappa shape index (κ3) is 4.16. The van der Waals surface area contributed by atoms with Crippen molar-refractivity contribution in [3.05, 3.63) is 50.6 Å². The molecule has 10 nitrogen and oxygen atoms in total. The first kappa shape index (κ1) is 19.8. The van der Waals surface area contributed by atoms with Crippen molar-refractivity contribution >= 4 is 35.4 Å². The molecule has 0 saturated heterocycles. The second-order valence-electron chi connectivity index (χ2n) is 5.13. The van der Waals surface area contributed by atoms with Crippen molar-refractivity contribution in [2.45, 2.75) is 13.8 Å². The molecule has 11 heteroatoms.